The molecule has 0 aliphatic rings. The van der Waals surface area contributed by atoms with Crippen molar-refractivity contribution in [2.75, 3.05) is 7.05 Å². The maximum absolute atomic E-state index is 3.55. The zero-order valence-electron chi connectivity index (χ0n) is 10.3. The van der Waals surface area contributed by atoms with Crippen LogP contribution in [0.25, 0.3) is 0 Å². The first kappa shape index (κ1) is 14.3. The third-order valence-electron chi connectivity index (χ3n) is 2.88. The molecule has 1 aromatic carbocycles. The van der Waals surface area contributed by atoms with E-state index in [4.69, 9.17) is 0 Å². The number of aryl methyl sites for hydroxylation is 1. The molecule has 1 unspecified atom stereocenters. The predicted octanol–water partition coefficient (Wildman–Crippen LogP) is 5.08. The van der Waals surface area contributed by atoms with E-state index in [1.165, 1.54) is 16.0 Å². The molecule has 2 rings (SSSR count). The molecule has 0 saturated carbocycles. The molecule has 1 atom stereocenters. The molecular formula is C14H15Br2NS. The van der Waals surface area contributed by atoms with Crippen LogP contribution in [0.4, 0.5) is 0 Å². The maximum atomic E-state index is 3.55. The third kappa shape index (κ3) is 3.44. The van der Waals surface area contributed by atoms with E-state index in [1.807, 2.05) is 7.05 Å². The van der Waals surface area contributed by atoms with Crippen LogP contribution < -0.4 is 5.32 Å². The summed E-state index contributed by atoms with van der Waals surface area (Å²) >= 11 is 8.88. The van der Waals surface area contributed by atoms with Gasteiger partial charge >= 0.3 is 0 Å². The molecule has 0 saturated heterocycles. The summed E-state index contributed by atoms with van der Waals surface area (Å²) in [6.45, 7) is 2.14. The third-order valence-corrected chi connectivity index (χ3v) is 6.25. The molecule has 2 aromatic rings. The number of benzene rings is 1. The highest BCUT2D eigenvalue weighted by molar-refractivity contribution is 9.13. The average molecular weight is 389 g/mol. The van der Waals surface area contributed by atoms with Gasteiger partial charge in [0.15, 0.2) is 0 Å². The Morgan fingerprint density at radius 3 is 2.61 bits per heavy atom. The summed E-state index contributed by atoms with van der Waals surface area (Å²) in [5.41, 5.74) is 2.69. The Morgan fingerprint density at radius 2 is 2.06 bits per heavy atom. The summed E-state index contributed by atoms with van der Waals surface area (Å²) < 4.78 is 2.29. The van der Waals surface area contributed by atoms with Crippen LogP contribution in [0.3, 0.4) is 0 Å². The first-order valence-electron chi connectivity index (χ1n) is 5.77. The van der Waals surface area contributed by atoms with Crippen LogP contribution in [-0.2, 0) is 6.42 Å². The van der Waals surface area contributed by atoms with Crippen molar-refractivity contribution in [1.82, 2.24) is 5.32 Å². The Kier molecular flexibility index (Phi) is 5.01. The Bertz CT molecular complexity index is 517. The smallest absolute Gasteiger partial charge is 0.0843 e. The van der Waals surface area contributed by atoms with Crippen molar-refractivity contribution in [3.05, 3.63) is 54.6 Å². The van der Waals surface area contributed by atoms with Crippen LogP contribution in [0, 0.1) is 6.92 Å². The molecule has 0 aliphatic heterocycles. The molecule has 1 nitrogen and oxygen atoms in total. The van der Waals surface area contributed by atoms with Crippen molar-refractivity contribution in [3.63, 3.8) is 0 Å². The second kappa shape index (κ2) is 6.33. The van der Waals surface area contributed by atoms with E-state index >= 15 is 0 Å². The van der Waals surface area contributed by atoms with Gasteiger partial charge in [-0.15, -0.1) is 11.3 Å². The second-order valence-corrected chi connectivity index (χ2v) is 7.56. The summed E-state index contributed by atoms with van der Waals surface area (Å²) in [6, 6.07) is 11.2. The largest absolute Gasteiger partial charge is 0.312 e. The minimum absolute atomic E-state index is 0.361. The van der Waals surface area contributed by atoms with Gasteiger partial charge in [-0.1, -0.05) is 29.8 Å². The van der Waals surface area contributed by atoms with Crippen LogP contribution in [-0.4, -0.2) is 7.05 Å². The number of likely N-dealkylation sites (N-methyl/N-ethyl adjacent to an activating group) is 1. The predicted molar refractivity (Wildman–Crippen MR) is 86.4 cm³/mol. The minimum Gasteiger partial charge on any atom is -0.312 e. The van der Waals surface area contributed by atoms with E-state index in [-0.39, 0.29) is 0 Å². The Hall–Kier alpha value is -0.160. The Morgan fingerprint density at radius 1 is 1.28 bits per heavy atom. The molecule has 0 amide bonds. The Balaban J connectivity index is 2.19. The van der Waals surface area contributed by atoms with E-state index in [0.717, 1.165) is 14.7 Å². The summed E-state index contributed by atoms with van der Waals surface area (Å²) in [4.78, 5) is 1.35. The van der Waals surface area contributed by atoms with E-state index < -0.39 is 0 Å². The van der Waals surface area contributed by atoms with Crippen LogP contribution in [0.2, 0.25) is 0 Å². The first-order valence-corrected chi connectivity index (χ1v) is 8.18. The zero-order valence-corrected chi connectivity index (χ0v) is 14.3. The number of nitrogens with one attached hydrogen (secondary N) is 1. The Labute approximate surface area is 129 Å². The number of hydrogen-bond acceptors (Lipinski definition) is 2. The van der Waals surface area contributed by atoms with E-state index in [9.17, 15) is 0 Å². The molecular weight excluding hydrogens is 374 g/mol. The van der Waals surface area contributed by atoms with Gasteiger partial charge in [0.1, 0.15) is 0 Å². The second-order valence-electron chi connectivity index (χ2n) is 4.30. The fraction of sp³-hybridized carbons (Fsp3) is 0.286. The summed E-state index contributed by atoms with van der Waals surface area (Å²) in [6.07, 6.45) is 1.01. The van der Waals surface area contributed by atoms with Crippen LogP contribution in [0.5, 0.6) is 0 Å². The minimum atomic E-state index is 0.361. The molecule has 1 N–H and O–H groups in total. The highest BCUT2D eigenvalue weighted by Gasteiger charge is 2.14. The number of halogens is 2. The van der Waals surface area contributed by atoms with Crippen molar-refractivity contribution in [3.8, 4) is 0 Å². The van der Waals surface area contributed by atoms with Crippen LogP contribution in [0.15, 0.2) is 38.6 Å². The topological polar surface area (TPSA) is 12.0 Å². The lowest BCUT2D eigenvalue weighted by atomic mass is 10.0. The van der Waals surface area contributed by atoms with Crippen molar-refractivity contribution in [2.24, 2.45) is 0 Å². The molecule has 1 heterocycles. The van der Waals surface area contributed by atoms with Gasteiger partial charge in [-0.05, 0) is 63.9 Å². The fourth-order valence-electron chi connectivity index (χ4n) is 1.95. The average Bonchev–Trinajstić information content (AvgIpc) is 2.66. The van der Waals surface area contributed by atoms with Crippen LogP contribution >= 0.6 is 43.2 Å². The van der Waals surface area contributed by atoms with Crippen molar-refractivity contribution in [1.29, 1.82) is 0 Å². The first-order chi connectivity index (χ1) is 8.60. The molecule has 0 fully saturated rings. The highest BCUT2D eigenvalue weighted by Crippen LogP contribution is 2.36. The quantitative estimate of drug-likeness (QED) is 0.769. The lowest BCUT2D eigenvalue weighted by Gasteiger charge is -2.14. The van der Waals surface area contributed by atoms with Gasteiger partial charge in [0.2, 0.25) is 0 Å². The van der Waals surface area contributed by atoms with Gasteiger partial charge in [0.05, 0.1) is 3.79 Å². The van der Waals surface area contributed by atoms with Crippen molar-refractivity contribution < 1.29 is 0 Å². The van der Waals surface area contributed by atoms with Gasteiger partial charge < -0.3 is 5.32 Å². The van der Waals surface area contributed by atoms with Gasteiger partial charge in [0.25, 0.3) is 0 Å². The van der Waals surface area contributed by atoms with Crippen molar-refractivity contribution in [2.45, 2.75) is 19.4 Å². The molecule has 0 spiro atoms. The highest BCUT2D eigenvalue weighted by atomic mass is 79.9. The molecule has 96 valence electrons. The van der Waals surface area contributed by atoms with Crippen LogP contribution in [0.1, 0.15) is 22.0 Å². The van der Waals surface area contributed by atoms with E-state index in [2.05, 4.69) is 74.4 Å². The zero-order chi connectivity index (χ0) is 13.1. The molecule has 1 aromatic heterocycles. The number of rotatable bonds is 4. The number of hydrogen-bond donors (Lipinski definition) is 1. The molecule has 0 aliphatic carbocycles. The van der Waals surface area contributed by atoms with Crippen molar-refractivity contribution >= 4 is 43.2 Å². The monoisotopic (exact) mass is 387 g/mol. The standard InChI is InChI=1S/C14H15Br2NS/c1-9-4-3-5-10(6-9)7-12(17-2)13-8-11(15)14(16)18-13/h3-6,8,12,17H,7H2,1-2H3. The lowest BCUT2D eigenvalue weighted by Crippen LogP contribution is -2.17. The summed E-state index contributed by atoms with van der Waals surface area (Å²) in [5.74, 6) is 0. The van der Waals surface area contributed by atoms with Gasteiger partial charge in [-0.2, -0.15) is 0 Å². The number of thiophene rings is 1. The van der Waals surface area contributed by atoms with Gasteiger partial charge in [-0.25, -0.2) is 0 Å². The van der Waals surface area contributed by atoms with E-state index in [0.29, 0.717) is 6.04 Å². The molecule has 0 bridgehead atoms. The maximum Gasteiger partial charge on any atom is 0.0843 e. The normalized spacial score (nSPS) is 12.7. The molecule has 4 heteroatoms. The molecule has 18 heavy (non-hydrogen) atoms. The van der Waals surface area contributed by atoms with Gasteiger partial charge in [0, 0.05) is 15.4 Å². The fourth-order valence-corrected chi connectivity index (χ4v) is 4.15. The summed E-state index contributed by atoms with van der Waals surface area (Å²) in [7, 11) is 2.02. The molecule has 0 radical (unpaired) electrons. The lowest BCUT2D eigenvalue weighted by molar-refractivity contribution is 0.602. The summed E-state index contributed by atoms with van der Waals surface area (Å²) in [5, 5.41) is 3.40. The van der Waals surface area contributed by atoms with Gasteiger partial charge in [-0.3, -0.25) is 0 Å². The SMILES string of the molecule is CNC(Cc1cccc(C)c1)c1cc(Br)c(Br)s1. The van der Waals surface area contributed by atoms with E-state index in [1.54, 1.807) is 11.3 Å².